The van der Waals surface area contributed by atoms with Crippen molar-refractivity contribution in [1.29, 1.82) is 0 Å². The molecule has 0 radical (unpaired) electrons. The maximum atomic E-state index is 13.1. The Balaban J connectivity index is 1.73. The Labute approximate surface area is 148 Å². The van der Waals surface area contributed by atoms with E-state index in [9.17, 15) is 8.42 Å². The average Bonchev–Trinajstić information content (AvgIpc) is 3.12. The average molecular weight is 349 g/mol. The molecular weight excluding hydrogens is 330 g/mol. The van der Waals surface area contributed by atoms with Gasteiger partial charge in [0.15, 0.2) is 0 Å². The van der Waals surface area contributed by atoms with E-state index in [1.807, 2.05) is 43.3 Å². The highest BCUT2D eigenvalue weighted by Gasteiger charge is 2.32. The molecule has 1 aliphatic heterocycles. The Kier molecular flexibility index (Phi) is 3.85. The standard InChI is InChI=1S/C21H19NO2S/c1-16-8-12-20(13-9-16)25(23,24)22-14-4-7-21(22)19-11-10-17-5-2-3-6-18(17)15-19/h2-6,8-15,21H,7H2,1H3. The Bertz CT molecular complexity index is 1050. The summed E-state index contributed by atoms with van der Waals surface area (Å²) in [6.45, 7) is 1.95. The maximum absolute atomic E-state index is 13.1. The van der Waals surface area contributed by atoms with Gasteiger partial charge in [-0.05, 0) is 47.9 Å². The van der Waals surface area contributed by atoms with Crippen molar-refractivity contribution < 1.29 is 8.42 Å². The lowest BCUT2D eigenvalue weighted by molar-refractivity contribution is 0.434. The summed E-state index contributed by atoms with van der Waals surface area (Å²) in [7, 11) is -3.56. The van der Waals surface area contributed by atoms with Gasteiger partial charge in [-0.3, -0.25) is 4.31 Å². The van der Waals surface area contributed by atoms with Crippen LogP contribution in [0.2, 0.25) is 0 Å². The molecule has 0 saturated carbocycles. The van der Waals surface area contributed by atoms with Crippen molar-refractivity contribution in [3.8, 4) is 0 Å². The topological polar surface area (TPSA) is 37.4 Å². The van der Waals surface area contributed by atoms with Crippen LogP contribution in [0.1, 0.15) is 23.6 Å². The summed E-state index contributed by atoms with van der Waals surface area (Å²) in [5, 5.41) is 2.28. The van der Waals surface area contributed by atoms with Crippen LogP contribution in [0.25, 0.3) is 10.8 Å². The van der Waals surface area contributed by atoms with E-state index in [-0.39, 0.29) is 6.04 Å². The van der Waals surface area contributed by atoms with Gasteiger partial charge in [-0.1, -0.05) is 60.2 Å². The van der Waals surface area contributed by atoms with E-state index in [2.05, 4.69) is 24.3 Å². The SMILES string of the molecule is Cc1ccc(S(=O)(=O)N2C=CCC2c2ccc3ccccc3c2)cc1. The lowest BCUT2D eigenvalue weighted by atomic mass is 10.0. The molecule has 3 aromatic rings. The summed E-state index contributed by atoms with van der Waals surface area (Å²) in [5.41, 5.74) is 2.06. The number of aryl methyl sites for hydroxylation is 1. The zero-order valence-electron chi connectivity index (χ0n) is 14.0. The van der Waals surface area contributed by atoms with Crippen LogP contribution in [0.15, 0.2) is 83.9 Å². The Morgan fingerprint density at radius 1 is 0.920 bits per heavy atom. The molecule has 0 saturated heterocycles. The predicted molar refractivity (Wildman–Crippen MR) is 101 cm³/mol. The second kappa shape index (κ2) is 6.05. The first-order valence-corrected chi connectivity index (χ1v) is 9.75. The number of benzene rings is 3. The van der Waals surface area contributed by atoms with Crippen LogP contribution in [-0.2, 0) is 10.0 Å². The molecule has 0 fully saturated rings. The molecule has 3 nitrogen and oxygen atoms in total. The van der Waals surface area contributed by atoms with E-state index in [0.717, 1.165) is 21.9 Å². The minimum absolute atomic E-state index is 0.198. The first-order chi connectivity index (χ1) is 12.1. The van der Waals surface area contributed by atoms with Gasteiger partial charge < -0.3 is 0 Å². The monoisotopic (exact) mass is 349 g/mol. The van der Waals surface area contributed by atoms with Gasteiger partial charge in [-0.25, -0.2) is 8.42 Å². The third kappa shape index (κ3) is 2.83. The fourth-order valence-electron chi connectivity index (χ4n) is 3.28. The number of hydrogen-bond donors (Lipinski definition) is 0. The minimum atomic E-state index is -3.56. The quantitative estimate of drug-likeness (QED) is 0.681. The zero-order chi connectivity index (χ0) is 17.4. The second-order valence-electron chi connectivity index (χ2n) is 6.39. The minimum Gasteiger partial charge on any atom is -0.266 e. The van der Waals surface area contributed by atoms with Crippen molar-refractivity contribution in [2.45, 2.75) is 24.3 Å². The number of fused-ring (bicyclic) bond motifs is 1. The highest BCUT2D eigenvalue weighted by Crippen LogP contribution is 2.36. The lowest BCUT2D eigenvalue weighted by Gasteiger charge is -2.26. The van der Waals surface area contributed by atoms with Gasteiger partial charge in [0.25, 0.3) is 10.0 Å². The van der Waals surface area contributed by atoms with E-state index in [1.54, 1.807) is 18.3 Å². The number of hydrogen-bond acceptors (Lipinski definition) is 2. The Morgan fingerprint density at radius 3 is 2.40 bits per heavy atom. The number of rotatable bonds is 3. The fraction of sp³-hybridized carbons (Fsp3) is 0.143. The Morgan fingerprint density at radius 2 is 1.64 bits per heavy atom. The van der Waals surface area contributed by atoms with Gasteiger partial charge in [0.05, 0.1) is 10.9 Å². The van der Waals surface area contributed by atoms with Crippen molar-refractivity contribution >= 4 is 20.8 Å². The van der Waals surface area contributed by atoms with Crippen LogP contribution in [0.3, 0.4) is 0 Å². The van der Waals surface area contributed by atoms with E-state index < -0.39 is 10.0 Å². The first-order valence-electron chi connectivity index (χ1n) is 8.31. The van der Waals surface area contributed by atoms with Crippen molar-refractivity contribution in [3.05, 3.63) is 90.1 Å². The third-order valence-electron chi connectivity index (χ3n) is 4.67. The van der Waals surface area contributed by atoms with Gasteiger partial charge in [-0.15, -0.1) is 0 Å². The molecule has 3 aromatic carbocycles. The molecule has 1 atom stereocenters. The second-order valence-corrected chi connectivity index (χ2v) is 8.23. The molecule has 126 valence electrons. The molecule has 1 aliphatic rings. The molecule has 1 heterocycles. The zero-order valence-corrected chi connectivity index (χ0v) is 14.8. The van der Waals surface area contributed by atoms with Crippen molar-refractivity contribution in [2.75, 3.05) is 0 Å². The molecule has 0 aliphatic carbocycles. The number of sulfonamides is 1. The van der Waals surface area contributed by atoms with Crippen LogP contribution in [0.4, 0.5) is 0 Å². The van der Waals surface area contributed by atoms with Crippen LogP contribution in [-0.4, -0.2) is 12.7 Å². The highest BCUT2D eigenvalue weighted by molar-refractivity contribution is 7.89. The molecule has 1 unspecified atom stereocenters. The highest BCUT2D eigenvalue weighted by atomic mass is 32.2. The summed E-state index contributed by atoms with van der Waals surface area (Å²) in [4.78, 5) is 0.329. The molecular formula is C21H19NO2S. The maximum Gasteiger partial charge on any atom is 0.264 e. The molecule has 0 bridgehead atoms. The third-order valence-corrected chi connectivity index (χ3v) is 6.47. The van der Waals surface area contributed by atoms with Crippen LogP contribution in [0, 0.1) is 6.92 Å². The van der Waals surface area contributed by atoms with Crippen molar-refractivity contribution in [2.24, 2.45) is 0 Å². The Hall–Kier alpha value is -2.59. The molecule has 25 heavy (non-hydrogen) atoms. The normalized spacial score (nSPS) is 17.3. The van der Waals surface area contributed by atoms with Gasteiger partial charge in [0.1, 0.15) is 0 Å². The van der Waals surface area contributed by atoms with Crippen LogP contribution >= 0.6 is 0 Å². The molecule has 0 amide bonds. The predicted octanol–water partition coefficient (Wildman–Crippen LogP) is 4.80. The molecule has 0 aromatic heterocycles. The number of nitrogens with zero attached hydrogens (tertiary/aromatic N) is 1. The van der Waals surface area contributed by atoms with E-state index in [4.69, 9.17) is 0 Å². The smallest absolute Gasteiger partial charge is 0.264 e. The summed E-state index contributed by atoms with van der Waals surface area (Å²) < 4.78 is 27.6. The van der Waals surface area contributed by atoms with Crippen molar-refractivity contribution in [1.82, 2.24) is 4.31 Å². The largest absolute Gasteiger partial charge is 0.266 e. The summed E-state index contributed by atoms with van der Waals surface area (Å²) >= 11 is 0. The van der Waals surface area contributed by atoms with E-state index in [1.165, 1.54) is 4.31 Å². The first kappa shape index (κ1) is 15.9. The molecule has 4 rings (SSSR count). The van der Waals surface area contributed by atoms with E-state index >= 15 is 0 Å². The molecule has 0 spiro atoms. The van der Waals surface area contributed by atoms with Crippen LogP contribution < -0.4 is 0 Å². The van der Waals surface area contributed by atoms with E-state index in [0.29, 0.717) is 11.3 Å². The van der Waals surface area contributed by atoms with Gasteiger partial charge >= 0.3 is 0 Å². The van der Waals surface area contributed by atoms with Gasteiger partial charge in [0.2, 0.25) is 0 Å². The molecule has 0 N–H and O–H groups in total. The van der Waals surface area contributed by atoms with Gasteiger partial charge in [0, 0.05) is 6.20 Å². The fourth-order valence-corrected chi connectivity index (χ4v) is 4.79. The summed E-state index contributed by atoms with van der Waals surface area (Å²) in [6.07, 6.45) is 4.30. The van der Waals surface area contributed by atoms with Crippen molar-refractivity contribution in [3.63, 3.8) is 0 Å². The molecule has 4 heteroatoms. The van der Waals surface area contributed by atoms with Gasteiger partial charge in [-0.2, -0.15) is 0 Å². The summed E-state index contributed by atoms with van der Waals surface area (Å²) in [5.74, 6) is 0. The van der Waals surface area contributed by atoms with Crippen LogP contribution in [0.5, 0.6) is 0 Å². The summed E-state index contributed by atoms with van der Waals surface area (Å²) in [6, 6.07) is 21.1. The lowest BCUT2D eigenvalue weighted by Crippen LogP contribution is -2.27.